The van der Waals surface area contributed by atoms with E-state index in [1.807, 2.05) is 26.8 Å². The van der Waals surface area contributed by atoms with E-state index in [1.54, 1.807) is 17.1 Å². The molecule has 0 radical (unpaired) electrons. The Morgan fingerprint density at radius 1 is 1.33 bits per heavy atom. The molecule has 0 saturated heterocycles. The molecule has 0 bridgehead atoms. The molecule has 2 aromatic rings. The first-order valence-corrected chi connectivity index (χ1v) is 6.94. The molecule has 0 spiro atoms. The van der Waals surface area contributed by atoms with Gasteiger partial charge in [-0.2, -0.15) is 0 Å². The minimum Gasteiger partial charge on any atom is -0.481 e. The van der Waals surface area contributed by atoms with E-state index in [-0.39, 0.29) is 6.54 Å². The van der Waals surface area contributed by atoms with E-state index in [9.17, 15) is 9.90 Å². The number of tetrazole rings is 1. The average Bonchev–Trinajstić information content (AvgIpc) is 2.92. The van der Waals surface area contributed by atoms with Crippen LogP contribution >= 0.6 is 0 Å². The Balaban J connectivity index is 2.39. The fourth-order valence-electron chi connectivity index (χ4n) is 2.33. The third kappa shape index (κ3) is 2.91. The average molecular weight is 289 g/mol. The van der Waals surface area contributed by atoms with Crippen LogP contribution in [0.25, 0.3) is 11.4 Å². The molecule has 0 aromatic carbocycles. The summed E-state index contributed by atoms with van der Waals surface area (Å²) in [6.45, 7) is 5.92. The predicted octanol–water partition coefficient (Wildman–Crippen LogP) is 1.93. The van der Waals surface area contributed by atoms with Gasteiger partial charge in [0.2, 0.25) is 0 Å². The summed E-state index contributed by atoms with van der Waals surface area (Å²) in [5, 5.41) is 21.2. The van der Waals surface area contributed by atoms with Crippen molar-refractivity contribution < 1.29 is 9.90 Å². The van der Waals surface area contributed by atoms with Crippen LogP contribution in [0.2, 0.25) is 0 Å². The first-order valence-electron chi connectivity index (χ1n) is 6.94. The normalized spacial score (nSPS) is 11.6. The first kappa shape index (κ1) is 15.1. The molecule has 2 aromatic heterocycles. The summed E-state index contributed by atoms with van der Waals surface area (Å²) >= 11 is 0. The molecule has 0 atom stereocenters. The van der Waals surface area contributed by atoms with Gasteiger partial charge >= 0.3 is 5.97 Å². The largest absolute Gasteiger partial charge is 0.481 e. The minimum atomic E-state index is -0.860. The molecule has 112 valence electrons. The Labute approximate surface area is 123 Å². The molecule has 0 aliphatic rings. The van der Waals surface area contributed by atoms with Crippen LogP contribution in [0.3, 0.4) is 0 Å². The number of carboxylic acid groups (broad SMARTS) is 1. The van der Waals surface area contributed by atoms with Gasteiger partial charge in [-0.25, -0.2) is 4.68 Å². The molecule has 2 heterocycles. The van der Waals surface area contributed by atoms with Gasteiger partial charge in [0.15, 0.2) is 5.82 Å². The minimum absolute atomic E-state index is 0.242. The molecule has 0 saturated carbocycles. The maximum absolute atomic E-state index is 11.6. The van der Waals surface area contributed by atoms with Gasteiger partial charge in [0.25, 0.3) is 0 Å². The monoisotopic (exact) mass is 289 g/mol. The van der Waals surface area contributed by atoms with E-state index in [2.05, 4.69) is 20.5 Å². The second-order valence-electron chi connectivity index (χ2n) is 5.20. The van der Waals surface area contributed by atoms with E-state index < -0.39 is 11.4 Å². The van der Waals surface area contributed by atoms with Gasteiger partial charge in [-0.1, -0.05) is 13.8 Å². The lowest BCUT2D eigenvalue weighted by atomic mass is 9.82. The summed E-state index contributed by atoms with van der Waals surface area (Å²) < 4.78 is 1.55. The molecule has 2 rings (SSSR count). The lowest BCUT2D eigenvalue weighted by Gasteiger charge is -2.26. The summed E-state index contributed by atoms with van der Waals surface area (Å²) in [5.41, 5.74) is 0.922. The maximum Gasteiger partial charge on any atom is 0.311 e. The van der Waals surface area contributed by atoms with E-state index in [0.717, 1.165) is 11.1 Å². The lowest BCUT2D eigenvalue weighted by Crippen LogP contribution is -2.35. The number of hydrogen-bond acceptors (Lipinski definition) is 5. The van der Waals surface area contributed by atoms with Crippen molar-refractivity contribution in [1.82, 2.24) is 25.2 Å². The van der Waals surface area contributed by atoms with Crippen LogP contribution in [0.5, 0.6) is 0 Å². The fraction of sp³-hybridized carbons (Fsp3) is 0.500. The molecule has 1 N–H and O–H groups in total. The van der Waals surface area contributed by atoms with Crippen LogP contribution in [0, 0.1) is 12.3 Å². The zero-order valence-electron chi connectivity index (χ0n) is 12.4. The van der Waals surface area contributed by atoms with Crippen LogP contribution in [-0.2, 0) is 11.3 Å². The SMILES string of the molecule is CCC(CC)(Cn1nnnc1-c1cncc(C)c1)C(=O)O. The molecular formula is C14H19N5O2. The van der Waals surface area contributed by atoms with Crippen molar-refractivity contribution in [3.63, 3.8) is 0 Å². The molecule has 21 heavy (non-hydrogen) atoms. The van der Waals surface area contributed by atoms with Crippen molar-refractivity contribution in [3.05, 3.63) is 24.0 Å². The van der Waals surface area contributed by atoms with Crippen molar-refractivity contribution >= 4 is 5.97 Å². The molecule has 0 aliphatic carbocycles. The summed E-state index contributed by atoms with van der Waals surface area (Å²) in [6, 6.07) is 1.93. The Hall–Kier alpha value is -2.31. The molecule has 7 heteroatoms. The van der Waals surface area contributed by atoms with Crippen molar-refractivity contribution in [1.29, 1.82) is 0 Å². The number of nitrogens with zero attached hydrogens (tertiary/aromatic N) is 5. The number of aliphatic carboxylic acids is 1. The zero-order chi connectivity index (χ0) is 15.5. The van der Waals surface area contributed by atoms with Crippen molar-refractivity contribution in [2.24, 2.45) is 5.41 Å². The Bertz CT molecular complexity index is 634. The highest BCUT2D eigenvalue weighted by molar-refractivity contribution is 5.74. The van der Waals surface area contributed by atoms with Crippen LogP contribution in [0.4, 0.5) is 0 Å². The quantitative estimate of drug-likeness (QED) is 0.873. The van der Waals surface area contributed by atoms with Gasteiger partial charge < -0.3 is 5.11 Å². The standard InChI is InChI=1S/C14H19N5O2/c1-4-14(5-2,13(20)21)9-19-12(16-17-18-19)11-6-10(3)7-15-8-11/h6-8H,4-5,9H2,1-3H3,(H,20,21). The van der Waals surface area contributed by atoms with Crippen LogP contribution in [0.15, 0.2) is 18.5 Å². The number of aryl methyl sites for hydroxylation is 1. The van der Waals surface area contributed by atoms with E-state index >= 15 is 0 Å². The number of carboxylic acids is 1. The summed E-state index contributed by atoms with van der Waals surface area (Å²) in [6.07, 6.45) is 4.46. The number of carbonyl (C=O) groups is 1. The van der Waals surface area contributed by atoms with E-state index in [1.165, 1.54) is 0 Å². The summed E-state index contributed by atoms with van der Waals surface area (Å²) in [5.74, 6) is -0.282. The van der Waals surface area contributed by atoms with Crippen LogP contribution in [0.1, 0.15) is 32.3 Å². The molecule has 0 unspecified atom stereocenters. The van der Waals surface area contributed by atoms with Crippen LogP contribution in [-0.4, -0.2) is 36.3 Å². The molecule has 0 aliphatic heterocycles. The highest BCUT2D eigenvalue weighted by atomic mass is 16.4. The molecule has 0 fully saturated rings. The fourth-order valence-corrected chi connectivity index (χ4v) is 2.33. The van der Waals surface area contributed by atoms with Gasteiger partial charge in [0, 0.05) is 18.0 Å². The molecular weight excluding hydrogens is 270 g/mol. The van der Waals surface area contributed by atoms with Gasteiger partial charge in [-0.15, -0.1) is 5.10 Å². The first-order chi connectivity index (χ1) is 10.0. The Kier molecular flexibility index (Phi) is 4.30. The number of pyridine rings is 1. The second-order valence-corrected chi connectivity index (χ2v) is 5.20. The Morgan fingerprint density at radius 2 is 2.05 bits per heavy atom. The van der Waals surface area contributed by atoms with Crippen LogP contribution < -0.4 is 0 Å². The summed E-state index contributed by atoms with van der Waals surface area (Å²) in [7, 11) is 0. The van der Waals surface area contributed by atoms with Gasteiger partial charge in [-0.05, 0) is 41.8 Å². The second kappa shape index (κ2) is 5.99. The van der Waals surface area contributed by atoms with E-state index in [0.29, 0.717) is 18.7 Å². The topological polar surface area (TPSA) is 93.8 Å². The predicted molar refractivity (Wildman–Crippen MR) is 76.4 cm³/mol. The Morgan fingerprint density at radius 3 is 2.62 bits per heavy atom. The summed E-state index contributed by atoms with van der Waals surface area (Å²) in [4.78, 5) is 15.7. The smallest absolute Gasteiger partial charge is 0.311 e. The third-order valence-electron chi connectivity index (χ3n) is 3.92. The third-order valence-corrected chi connectivity index (χ3v) is 3.92. The van der Waals surface area contributed by atoms with Crippen molar-refractivity contribution in [2.75, 3.05) is 0 Å². The maximum atomic E-state index is 11.6. The highest BCUT2D eigenvalue weighted by Crippen LogP contribution is 2.30. The number of hydrogen-bond donors (Lipinski definition) is 1. The van der Waals surface area contributed by atoms with Gasteiger partial charge in [-0.3, -0.25) is 9.78 Å². The zero-order valence-corrected chi connectivity index (χ0v) is 12.4. The highest BCUT2D eigenvalue weighted by Gasteiger charge is 2.36. The van der Waals surface area contributed by atoms with Crippen molar-refractivity contribution in [2.45, 2.75) is 40.2 Å². The van der Waals surface area contributed by atoms with E-state index in [4.69, 9.17) is 0 Å². The number of aromatic nitrogens is 5. The van der Waals surface area contributed by atoms with Gasteiger partial charge in [0.05, 0.1) is 12.0 Å². The lowest BCUT2D eigenvalue weighted by molar-refractivity contribution is -0.150. The van der Waals surface area contributed by atoms with Gasteiger partial charge in [0.1, 0.15) is 0 Å². The molecule has 0 amide bonds. The number of rotatable bonds is 6. The molecule has 7 nitrogen and oxygen atoms in total. The van der Waals surface area contributed by atoms with Crippen molar-refractivity contribution in [3.8, 4) is 11.4 Å².